The number of anilines is 1. The number of amides is 1. The van der Waals surface area contributed by atoms with E-state index in [9.17, 15) is 14.7 Å². The summed E-state index contributed by atoms with van der Waals surface area (Å²) in [6, 6.07) is 8.48. The maximum absolute atomic E-state index is 12.6. The summed E-state index contributed by atoms with van der Waals surface area (Å²) >= 11 is 1.29. The molecule has 1 amide bonds. The monoisotopic (exact) mass is 344 g/mol. The van der Waals surface area contributed by atoms with Crippen molar-refractivity contribution in [2.24, 2.45) is 0 Å². The van der Waals surface area contributed by atoms with E-state index >= 15 is 0 Å². The van der Waals surface area contributed by atoms with E-state index in [4.69, 9.17) is 4.74 Å². The number of hydrogen-bond donors (Lipinski definition) is 2. The topological polar surface area (TPSA) is 80.6 Å². The Labute approximate surface area is 141 Å². The molecule has 0 aliphatic heterocycles. The normalized spacial score (nSPS) is 10.8. The van der Waals surface area contributed by atoms with E-state index in [1.54, 1.807) is 42.8 Å². The van der Waals surface area contributed by atoms with Crippen LogP contribution < -0.4 is 15.6 Å². The van der Waals surface area contributed by atoms with Crippen molar-refractivity contribution in [2.45, 2.75) is 13.5 Å². The molecule has 3 rings (SSSR count). The lowest BCUT2D eigenvalue weighted by atomic mass is 10.2. The molecule has 0 unspecified atom stereocenters. The number of nitrogens with one attached hydrogen (secondary N) is 1. The second-order valence-corrected chi connectivity index (χ2v) is 6.01. The number of aromatic nitrogens is 1. The first-order valence-corrected chi connectivity index (χ1v) is 8.23. The average Bonchev–Trinajstić information content (AvgIpc) is 3.06. The maximum Gasteiger partial charge on any atom is 0.267 e. The Kier molecular flexibility index (Phi) is 4.26. The number of benzene rings is 1. The molecule has 2 N–H and O–H groups in total. The Hall–Kier alpha value is -2.80. The number of carbonyl (C=O) groups excluding carboxylic acids is 1. The molecule has 0 saturated carbocycles. The molecule has 1 aromatic carbocycles. The third-order valence-corrected chi connectivity index (χ3v) is 4.65. The van der Waals surface area contributed by atoms with E-state index in [0.717, 1.165) is 0 Å². The minimum absolute atomic E-state index is 0.248. The summed E-state index contributed by atoms with van der Waals surface area (Å²) < 4.78 is 7.07. The van der Waals surface area contributed by atoms with Gasteiger partial charge in [-0.15, -0.1) is 11.3 Å². The minimum atomic E-state index is -0.639. The summed E-state index contributed by atoms with van der Waals surface area (Å²) in [6.07, 6.45) is 0. The predicted molar refractivity (Wildman–Crippen MR) is 94.4 cm³/mol. The summed E-state index contributed by atoms with van der Waals surface area (Å²) in [5, 5.41) is 14.8. The molecule has 0 bridgehead atoms. The lowest BCUT2D eigenvalue weighted by Crippen LogP contribution is -2.29. The standard InChI is InChI=1S/C17H16N2O4S/c1-3-19-12-8-9-24-15(12)14(20)13(17(19)22)16(21)18-10-4-6-11(23-2)7-5-10/h4-9,20H,3H2,1-2H3,(H,18,21). The van der Waals surface area contributed by atoms with Crippen LogP contribution in [0.3, 0.4) is 0 Å². The molecular weight excluding hydrogens is 328 g/mol. The van der Waals surface area contributed by atoms with E-state index in [2.05, 4.69) is 5.32 Å². The van der Waals surface area contributed by atoms with E-state index in [1.165, 1.54) is 15.9 Å². The Morgan fingerprint density at radius 1 is 1.29 bits per heavy atom. The number of methoxy groups -OCH3 is 1. The minimum Gasteiger partial charge on any atom is -0.505 e. The van der Waals surface area contributed by atoms with Crippen molar-refractivity contribution < 1.29 is 14.6 Å². The molecule has 0 aliphatic rings. The van der Waals surface area contributed by atoms with Crippen molar-refractivity contribution in [3.63, 3.8) is 0 Å². The molecule has 6 nitrogen and oxygen atoms in total. The highest BCUT2D eigenvalue weighted by Gasteiger charge is 2.22. The number of rotatable bonds is 4. The molecule has 2 heterocycles. The van der Waals surface area contributed by atoms with Gasteiger partial charge in [-0.3, -0.25) is 9.59 Å². The molecule has 0 fully saturated rings. The van der Waals surface area contributed by atoms with Gasteiger partial charge >= 0.3 is 0 Å². The highest BCUT2D eigenvalue weighted by atomic mass is 32.1. The summed E-state index contributed by atoms with van der Waals surface area (Å²) in [4.78, 5) is 25.1. The third-order valence-electron chi connectivity index (χ3n) is 3.74. The summed E-state index contributed by atoms with van der Waals surface area (Å²) in [7, 11) is 1.55. The molecule has 7 heteroatoms. The number of aryl methyl sites for hydroxylation is 1. The van der Waals surface area contributed by atoms with Crippen LogP contribution in [-0.4, -0.2) is 22.7 Å². The molecule has 0 spiro atoms. The summed E-state index contributed by atoms with van der Waals surface area (Å²) in [5.74, 6) is -0.259. The highest BCUT2D eigenvalue weighted by molar-refractivity contribution is 7.17. The summed E-state index contributed by atoms with van der Waals surface area (Å²) in [6.45, 7) is 2.23. The molecule has 24 heavy (non-hydrogen) atoms. The first-order chi connectivity index (χ1) is 11.6. The zero-order valence-electron chi connectivity index (χ0n) is 13.2. The van der Waals surface area contributed by atoms with Gasteiger partial charge < -0.3 is 19.7 Å². The largest absolute Gasteiger partial charge is 0.505 e. The van der Waals surface area contributed by atoms with Crippen molar-refractivity contribution in [3.05, 3.63) is 51.6 Å². The van der Waals surface area contributed by atoms with Gasteiger partial charge in [-0.1, -0.05) is 0 Å². The molecule has 0 radical (unpaired) electrons. The number of fused-ring (bicyclic) bond motifs is 1. The highest BCUT2D eigenvalue weighted by Crippen LogP contribution is 2.31. The van der Waals surface area contributed by atoms with Crippen molar-refractivity contribution in [3.8, 4) is 11.5 Å². The van der Waals surface area contributed by atoms with Crippen LogP contribution in [0, 0.1) is 0 Å². The molecule has 3 aromatic rings. The first-order valence-electron chi connectivity index (χ1n) is 7.35. The smallest absolute Gasteiger partial charge is 0.267 e. The van der Waals surface area contributed by atoms with Gasteiger partial charge in [0.2, 0.25) is 0 Å². The van der Waals surface area contributed by atoms with Crippen LogP contribution in [0.1, 0.15) is 17.3 Å². The average molecular weight is 344 g/mol. The van der Waals surface area contributed by atoms with Crippen LogP contribution in [0.25, 0.3) is 10.2 Å². The number of pyridine rings is 1. The number of aromatic hydroxyl groups is 1. The second kappa shape index (κ2) is 6.37. The van der Waals surface area contributed by atoms with Crippen molar-refractivity contribution in [2.75, 3.05) is 12.4 Å². The van der Waals surface area contributed by atoms with Gasteiger partial charge in [-0.25, -0.2) is 0 Å². The lowest BCUT2D eigenvalue weighted by molar-refractivity contribution is 0.102. The fourth-order valence-corrected chi connectivity index (χ4v) is 3.38. The Bertz CT molecular complexity index is 957. The van der Waals surface area contributed by atoms with Crippen LogP contribution in [0.4, 0.5) is 5.69 Å². The quantitative estimate of drug-likeness (QED) is 0.762. The SMILES string of the molecule is CCn1c(=O)c(C(=O)Nc2ccc(OC)cc2)c(O)c2sccc21. The zero-order valence-corrected chi connectivity index (χ0v) is 14.0. The van der Waals surface area contributed by atoms with E-state index in [0.29, 0.717) is 28.2 Å². The Balaban J connectivity index is 2.04. The van der Waals surface area contributed by atoms with Gasteiger partial charge in [0.25, 0.3) is 11.5 Å². The first kappa shape index (κ1) is 16.1. The molecular formula is C17H16N2O4S. The van der Waals surface area contributed by atoms with Gasteiger partial charge in [0.05, 0.1) is 17.3 Å². The third kappa shape index (κ3) is 2.63. The van der Waals surface area contributed by atoms with Gasteiger partial charge in [-0.2, -0.15) is 0 Å². The fourth-order valence-electron chi connectivity index (χ4n) is 2.54. The second-order valence-electron chi connectivity index (χ2n) is 5.09. The van der Waals surface area contributed by atoms with Crippen molar-refractivity contribution in [1.29, 1.82) is 0 Å². The number of ether oxygens (including phenoxy) is 1. The van der Waals surface area contributed by atoms with Crippen LogP contribution in [0.2, 0.25) is 0 Å². The predicted octanol–water partition coefficient (Wildman–Crippen LogP) is 3.05. The maximum atomic E-state index is 12.6. The Morgan fingerprint density at radius 2 is 2.00 bits per heavy atom. The molecule has 0 atom stereocenters. The van der Waals surface area contributed by atoms with Crippen LogP contribution in [0.5, 0.6) is 11.5 Å². The lowest BCUT2D eigenvalue weighted by Gasteiger charge is -2.11. The van der Waals surface area contributed by atoms with Gasteiger partial charge in [0.1, 0.15) is 11.3 Å². The Morgan fingerprint density at radius 3 is 2.62 bits per heavy atom. The van der Waals surface area contributed by atoms with Gasteiger partial charge in [0, 0.05) is 12.2 Å². The van der Waals surface area contributed by atoms with Crippen LogP contribution >= 0.6 is 11.3 Å². The van der Waals surface area contributed by atoms with Gasteiger partial charge in [0.15, 0.2) is 5.75 Å². The summed E-state index contributed by atoms with van der Waals surface area (Å²) in [5.41, 5.74) is 0.384. The molecule has 124 valence electrons. The molecule has 2 aromatic heterocycles. The van der Waals surface area contributed by atoms with Crippen LogP contribution in [0.15, 0.2) is 40.5 Å². The van der Waals surface area contributed by atoms with E-state index in [1.807, 2.05) is 6.92 Å². The van der Waals surface area contributed by atoms with Crippen LogP contribution in [-0.2, 0) is 6.54 Å². The van der Waals surface area contributed by atoms with Crippen molar-refractivity contribution in [1.82, 2.24) is 4.57 Å². The number of thiophene rings is 1. The van der Waals surface area contributed by atoms with Crippen molar-refractivity contribution >= 4 is 33.1 Å². The molecule has 0 saturated heterocycles. The zero-order chi connectivity index (χ0) is 17.3. The number of hydrogen-bond acceptors (Lipinski definition) is 5. The molecule has 0 aliphatic carbocycles. The number of nitrogens with zero attached hydrogens (tertiary/aromatic N) is 1. The fraction of sp³-hybridized carbons (Fsp3) is 0.176. The van der Waals surface area contributed by atoms with E-state index < -0.39 is 11.5 Å². The van der Waals surface area contributed by atoms with E-state index in [-0.39, 0.29) is 11.3 Å². The number of carbonyl (C=O) groups is 1. The van der Waals surface area contributed by atoms with Gasteiger partial charge in [-0.05, 0) is 42.6 Å².